The van der Waals surface area contributed by atoms with Crippen LogP contribution < -0.4 is 10.3 Å². The quantitative estimate of drug-likeness (QED) is 0.619. The molecule has 0 aliphatic carbocycles. The first kappa shape index (κ1) is 13.5. The van der Waals surface area contributed by atoms with Crippen LogP contribution in [-0.4, -0.2) is 27.3 Å². The zero-order chi connectivity index (χ0) is 14.1. The fourth-order valence-electron chi connectivity index (χ4n) is 1.04. The summed E-state index contributed by atoms with van der Waals surface area (Å²) in [4.78, 5) is 32.0. The van der Waals surface area contributed by atoms with Crippen LogP contribution in [0.1, 0.15) is 10.4 Å². The van der Waals surface area contributed by atoms with Gasteiger partial charge in [0.25, 0.3) is 0 Å². The number of aromatic amines is 1. The standard InChI is InChI=1S/C7H3F3N2O6/c8-7(9,10)18-4-2(6(14)15)1-3(13)11-5(4)12(16)17/h1H,(H,11,13)(H,14,15). The fourth-order valence-corrected chi connectivity index (χ4v) is 1.04. The zero-order valence-corrected chi connectivity index (χ0v) is 8.15. The Bertz CT molecular complexity index is 525. The average molecular weight is 268 g/mol. The van der Waals surface area contributed by atoms with Crippen molar-refractivity contribution < 1.29 is 32.7 Å². The van der Waals surface area contributed by atoms with Gasteiger partial charge in [-0.15, -0.1) is 13.2 Å². The number of carboxylic acid groups (broad SMARTS) is 1. The van der Waals surface area contributed by atoms with Crippen LogP contribution in [0.2, 0.25) is 0 Å². The van der Waals surface area contributed by atoms with E-state index >= 15 is 0 Å². The van der Waals surface area contributed by atoms with Gasteiger partial charge in [0.15, 0.2) is 0 Å². The lowest BCUT2D eigenvalue weighted by Crippen LogP contribution is -2.22. The van der Waals surface area contributed by atoms with Gasteiger partial charge in [-0.25, -0.2) is 14.6 Å². The second-order valence-corrected chi connectivity index (χ2v) is 2.84. The highest BCUT2D eigenvalue weighted by atomic mass is 19.4. The van der Waals surface area contributed by atoms with Crippen LogP contribution in [0.15, 0.2) is 10.9 Å². The lowest BCUT2D eigenvalue weighted by atomic mass is 10.2. The van der Waals surface area contributed by atoms with E-state index in [1.54, 1.807) is 0 Å². The van der Waals surface area contributed by atoms with E-state index in [1.165, 1.54) is 4.98 Å². The number of carbonyl (C=O) groups is 1. The van der Waals surface area contributed by atoms with Crippen molar-refractivity contribution in [2.24, 2.45) is 0 Å². The minimum Gasteiger partial charge on any atom is -0.478 e. The number of rotatable bonds is 3. The van der Waals surface area contributed by atoms with Crippen LogP contribution in [0.5, 0.6) is 5.75 Å². The molecule has 1 heterocycles. The number of ether oxygens (including phenoxy) is 1. The molecule has 0 atom stereocenters. The molecule has 8 nitrogen and oxygen atoms in total. The summed E-state index contributed by atoms with van der Waals surface area (Å²) in [6, 6.07) is 0.246. The summed E-state index contributed by atoms with van der Waals surface area (Å²) >= 11 is 0. The van der Waals surface area contributed by atoms with Crippen LogP contribution in [0.4, 0.5) is 19.0 Å². The van der Waals surface area contributed by atoms with Crippen molar-refractivity contribution in [3.05, 3.63) is 32.1 Å². The van der Waals surface area contributed by atoms with Gasteiger partial charge in [-0.05, 0) is 4.92 Å². The molecule has 1 aromatic rings. The van der Waals surface area contributed by atoms with Crippen LogP contribution >= 0.6 is 0 Å². The maximum atomic E-state index is 12.0. The molecule has 0 aliphatic rings. The molecule has 11 heteroatoms. The number of alkyl halides is 3. The Morgan fingerprint density at radius 2 is 2.06 bits per heavy atom. The van der Waals surface area contributed by atoms with E-state index in [9.17, 15) is 32.9 Å². The Morgan fingerprint density at radius 1 is 1.50 bits per heavy atom. The monoisotopic (exact) mass is 268 g/mol. The third-order valence-corrected chi connectivity index (χ3v) is 1.61. The van der Waals surface area contributed by atoms with Gasteiger partial charge in [-0.3, -0.25) is 0 Å². The molecule has 0 unspecified atom stereocenters. The van der Waals surface area contributed by atoms with E-state index in [1.807, 2.05) is 0 Å². The number of aromatic carboxylic acids is 1. The Labute approximate surface area is 94.8 Å². The van der Waals surface area contributed by atoms with Crippen LogP contribution in [0.3, 0.4) is 0 Å². The molecule has 2 N–H and O–H groups in total. The minimum absolute atomic E-state index is 0.246. The molecule has 0 spiro atoms. The number of pyridine rings is 1. The molecular formula is C7H3F3N2O6. The first-order valence-corrected chi connectivity index (χ1v) is 4.02. The van der Waals surface area contributed by atoms with E-state index in [4.69, 9.17) is 5.11 Å². The molecule has 0 fully saturated rings. The van der Waals surface area contributed by atoms with E-state index in [0.29, 0.717) is 0 Å². The number of hydrogen-bond donors (Lipinski definition) is 2. The Morgan fingerprint density at radius 3 is 2.44 bits per heavy atom. The summed E-state index contributed by atoms with van der Waals surface area (Å²) in [6.45, 7) is 0. The third-order valence-electron chi connectivity index (χ3n) is 1.61. The summed E-state index contributed by atoms with van der Waals surface area (Å²) in [5, 5.41) is 19.0. The molecule has 0 aromatic carbocycles. The minimum atomic E-state index is -5.34. The van der Waals surface area contributed by atoms with Crippen molar-refractivity contribution in [2.45, 2.75) is 6.36 Å². The van der Waals surface area contributed by atoms with Gasteiger partial charge in [0.1, 0.15) is 5.56 Å². The summed E-state index contributed by atoms with van der Waals surface area (Å²) in [7, 11) is 0. The molecule has 98 valence electrons. The number of nitro groups is 1. The number of nitrogens with one attached hydrogen (secondary N) is 1. The second kappa shape index (κ2) is 4.35. The van der Waals surface area contributed by atoms with Crippen LogP contribution in [-0.2, 0) is 0 Å². The van der Waals surface area contributed by atoms with E-state index in [2.05, 4.69) is 4.74 Å². The van der Waals surface area contributed by atoms with Crippen LogP contribution in [0, 0.1) is 10.1 Å². The SMILES string of the molecule is O=C(O)c1cc(=O)[nH]c([N+](=O)[O-])c1OC(F)(F)F. The highest BCUT2D eigenvalue weighted by Crippen LogP contribution is 2.32. The first-order chi connectivity index (χ1) is 8.11. The average Bonchev–Trinajstić information content (AvgIpc) is 2.17. The zero-order valence-electron chi connectivity index (χ0n) is 8.15. The summed E-state index contributed by atoms with van der Waals surface area (Å²) in [6.07, 6.45) is -5.34. The highest BCUT2D eigenvalue weighted by Gasteiger charge is 2.37. The van der Waals surface area contributed by atoms with E-state index in [-0.39, 0.29) is 6.07 Å². The number of nitrogens with zero attached hydrogens (tertiary/aromatic N) is 1. The normalized spacial score (nSPS) is 11.1. The van der Waals surface area contributed by atoms with E-state index < -0.39 is 39.9 Å². The predicted octanol–water partition coefficient (Wildman–Crippen LogP) is 0.880. The van der Waals surface area contributed by atoms with Crippen molar-refractivity contribution in [3.63, 3.8) is 0 Å². The van der Waals surface area contributed by atoms with Crippen molar-refractivity contribution in [1.29, 1.82) is 0 Å². The fraction of sp³-hybridized carbons (Fsp3) is 0.143. The Kier molecular flexibility index (Phi) is 3.26. The van der Waals surface area contributed by atoms with Crippen molar-refractivity contribution in [3.8, 4) is 5.75 Å². The van der Waals surface area contributed by atoms with Gasteiger partial charge in [0, 0.05) is 6.07 Å². The van der Waals surface area contributed by atoms with Gasteiger partial charge in [0.05, 0.1) is 0 Å². The summed E-state index contributed by atoms with van der Waals surface area (Å²) in [5.74, 6) is -5.04. The topological polar surface area (TPSA) is 123 Å². The molecule has 0 amide bonds. The number of hydrogen-bond acceptors (Lipinski definition) is 5. The van der Waals surface area contributed by atoms with Gasteiger partial charge in [-0.1, -0.05) is 0 Å². The Hall–Kier alpha value is -2.59. The second-order valence-electron chi connectivity index (χ2n) is 2.84. The molecule has 18 heavy (non-hydrogen) atoms. The number of halogens is 3. The van der Waals surface area contributed by atoms with Gasteiger partial charge in [-0.2, -0.15) is 0 Å². The van der Waals surface area contributed by atoms with Gasteiger partial charge >= 0.3 is 23.7 Å². The summed E-state index contributed by atoms with van der Waals surface area (Å²) in [5.41, 5.74) is -2.50. The molecule has 0 aliphatic heterocycles. The largest absolute Gasteiger partial charge is 0.573 e. The number of aromatic nitrogens is 1. The maximum absolute atomic E-state index is 12.0. The third kappa shape index (κ3) is 2.96. The number of carboxylic acids is 1. The maximum Gasteiger partial charge on any atom is 0.573 e. The summed E-state index contributed by atoms with van der Waals surface area (Å²) < 4.78 is 39.2. The lowest BCUT2D eigenvalue weighted by Gasteiger charge is -2.10. The molecule has 0 bridgehead atoms. The van der Waals surface area contributed by atoms with Crippen molar-refractivity contribution >= 4 is 11.8 Å². The highest BCUT2D eigenvalue weighted by molar-refractivity contribution is 5.92. The molecule has 0 radical (unpaired) electrons. The molecular weight excluding hydrogens is 265 g/mol. The van der Waals surface area contributed by atoms with Crippen LogP contribution in [0.25, 0.3) is 0 Å². The Balaban J connectivity index is 3.56. The first-order valence-electron chi connectivity index (χ1n) is 4.02. The molecule has 0 saturated carbocycles. The molecule has 1 rings (SSSR count). The van der Waals surface area contributed by atoms with Crippen molar-refractivity contribution in [1.82, 2.24) is 4.98 Å². The smallest absolute Gasteiger partial charge is 0.478 e. The van der Waals surface area contributed by atoms with E-state index in [0.717, 1.165) is 0 Å². The van der Waals surface area contributed by atoms with Gasteiger partial charge in [0.2, 0.25) is 5.75 Å². The van der Waals surface area contributed by atoms with Crippen molar-refractivity contribution in [2.75, 3.05) is 0 Å². The number of H-pyrrole nitrogens is 1. The van der Waals surface area contributed by atoms with Gasteiger partial charge < -0.3 is 20.0 Å². The lowest BCUT2D eigenvalue weighted by molar-refractivity contribution is -0.393. The molecule has 0 saturated heterocycles. The predicted molar refractivity (Wildman–Crippen MR) is 47.4 cm³/mol. The molecule has 1 aromatic heterocycles.